The Morgan fingerprint density at radius 1 is 1.17 bits per heavy atom. The van der Waals surface area contributed by atoms with E-state index in [2.05, 4.69) is 35.0 Å². The molecule has 29 heavy (non-hydrogen) atoms. The van der Waals surface area contributed by atoms with Crippen LogP contribution in [0.4, 0.5) is 15.8 Å². The van der Waals surface area contributed by atoms with Crippen molar-refractivity contribution in [3.05, 3.63) is 64.3 Å². The Labute approximate surface area is 175 Å². The molecule has 2 aromatic carbocycles. The summed E-state index contributed by atoms with van der Waals surface area (Å²) >= 11 is 1.30. The van der Waals surface area contributed by atoms with Gasteiger partial charge in [-0.2, -0.15) is 0 Å². The van der Waals surface area contributed by atoms with E-state index in [1.165, 1.54) is 41.9 Å². The van der Waals surface area contributed by atoms with Crippen LogP contribution >= 0.6 is 11.8 Å². The Hall–Kier alpha value is -2.60. The first-order valence-electron chi connectivity index (χ1n) is 9.97. The van der Waals surface area contributed by atoms with E-state index in [0.29, 0.717) is 16.6 Å². The molecule has 150 valence electrons. The van der Waals surface area contributed by atoms with Crippen LogP contribution in [-0.4, -0.2) is 35.6 Å². The minimum absolute atomic E-state index is 0.0890. The van der Waals surface area contributed by atoms with E-state index in [9.17, 15) is 9.18 Å². The molecule has 0 atom stereocenters. The van der Waals surface area contributed by atoms with Gasteiger partial charge in [0.1, 0.15) is 11.5 Å². The van der Waals surface area contributed by atoms with Crippen LogP contribution in [0.2, 0.25) is 0 Å². The quantitative estimate of drug-likeness (QED) is 0.638. The maximum atomic E-state index is 14.0. The molecule has 2 aromatic rings. The number of para-hydroxylation sites is 1. The highest BCUT2D eigenvalue weighted by atomic mass is 32.2. The topological polar surface area (TPSA) is 35.9 Å². The summed E-state index contributed by atoms with van der Waals surface area (Å²) in [4.78, 5) is 21.9. The first-order chi connectivity index (χ1) is 14.1. The molecule has 2 aliphatic heterocycles. The SMILES string of the molecule is CCN1C(=O)/C(=C\c2ccc(N3CCCC3)c(C)c2)SC1=Nc1ccccc1F. The molecule has 4 rings (SSSR count). The van der Waals surface area contributed by atoms with Gasteiger partial charge in [0.05, 0.1) is 4.91 Å². The third-order valence-corrected chi connectivity index (χ3v) is 6.24. The van der Waals surface area contributed by atoms with Gasteiger partial charge in [0.2, 0.25) is 0 Å². The van der Waals surface area contributed by atoms with Crippen molar-refractivity contribution in [3.8, 4) is 0 Å². The summed E-state index contributed by atoms with van der Waals surface area (Å²) in [6.07, 6.45) is 4.39. The molecule has 2 saturated heterocycles. The second kappa shape index (κ2) is 8.41. The molecule has 1 amide bonds. The van der Waals surface area contributed by atoms with Gasteiger partial charge in [0.25, 0.3) is 5.91 Å². The molecular weight excluding hydrogens is 385 g/mol. The first kappa shape index (κ1) is 19.7. The lowest BCUT2D eigenvalue weighted by molar-refractivity contribution is -0.122. The lowest BCUT2D eigenvalue weighted by Crippen LogP contribution is -2.28. The van der Waals surface area contributed by atoms with Crippen molar-refractivity contribution in [2.45, 2.75) is 26.7 Å². The van der Waals surface area contributed by atoms with Crippen molar-refractivity contribution in [2.24, 2.45) is 4.99 Å². The van der Waals surface area contributed by atoms with Gasteiger partial charge in [-0.15, -0.1) is 0 Å². The van der Waals surface area contributed by atoms with Gasteiger partial charge >= 0.3 is 0 Å². The van der Waals surface area contributed by atoms with E-state index in [-0.39, 0.29) is 11.6 Å². The Bertz CT molecular complexity index is 995. The average Bonchev–Trinajstić information content (AvgIpc) is 3.33. The van der Waals surface area contributed by atoms with Gasteiger partial charge in [-0.3, -0.25) is 9.69 Å². The fourth-order valence-electron chi connectivity index (χ4n) is 3.75. The van der Waals surface area contributed by atoms with Gasteiger partial charge in [0, 0.05) is 25.3 Å². The summed E-state index contributed by atoms with van der Waals surface area (Å²) in [5, 5.41) is 0.513. The number of hydrogen-bond acceptors (Lipinski definition) is 4. The predicted octanol–water partition coefficient (Wildman–Crippen LogP) is 5.36. The molecule has 0 bridgehead atoms. The minimum atomic E-state index is -0.394. The zero-order valence-corrected chi connectivity index (χ0v) is 17.5. The smallest absolute Gasteiger partial charge is 0.266 e. The molecule has 2 fully saturated rings. The van der Waals surface area contributed by atoms with Gasteiger partial charge in [-0.25, -0.2) is 9.38 Å². The first-order valence-corrected chi connectivity index (χ1v) is 10.8. The number of aryl methyl sites for hydroxylation is 1. The molecule has 2 aliphatic rings. The van der Waals surface area contributed by atoms with Crippen LogP contribution in [0.15, 0.2) is 52.4 Å². The van der Waals surface area contributed by atoms with Crippen molar-refractivity contribution in [1.29, 1.82) is 0 Å². The number of amidine groups is 1. The van der Waals surface area contributed by atoms with E-state index >= 15 is 0 Å². The third-order valence-electron chi connectivity index (χ3n) is 5.24. The molecule has 0 aromatic heterocycles. The van der Waals surface area contributed by atoms with E-state index in [1.807, 2.05) is 13.0 Å². The maximum absolute atomic E-state index is 14.0. The molecule has 4 nitrogen and oxygen atoms in total. The maximum Gasteiger partial charge on any atom is 0.266 e. The van der Waals surface area contributed by atoms with Crippen LogP contribution in [0.5, 0.6) is 0 Å². The van der Waals surface area contributed by atoms with Gasteiger partial charge < -0.3 is 4.90 Å². The fourth-order valence-corrected chi connectivity index (χ4v) is 4.80. The van der Waals surface area contributed by atoms with Crippen LogP contribution in [0.25, 0.3) is 6.08 Å². The summed E-state index contributed by atoms with van der Waals surface area (Å²) in [6.45, 7) is 6.72. The molecule has 0 unspecified atom stereocenters. The van der Waals surface area contributed by atoms with Crippen LogP contribution in [-0.2, 0) is 4.79 Å². The van der Waals surface area contributed by atoms with Crippen molar-refractivity contribution in [2.75, 3.05) is 24.5 Å². The van der Waals surface area contributed by atoms with Crippen molar-refractivity contribution in [3.63, 3.8) is 0 Å². The van der Waals surface area contributed by atoms with Crippen molar-refractivity contribution < 1.29 is 9.18 Å². The number of rotatable bonds is 4. The number of benzene rings is 2. The van der Waals surface area contributed by atoms with E-state index in [0.717, 1.165) is 18.7 Å². The van der Waals surface area contributed by atoms with Crippen LogP contribution < -0.4 is 4.90 Å². The van der Waals surface area contributed by atoms with Crippen LogP contribution in [0.3, 0.4) is 0 Å². The number of nitrogens with zero attached hydrogens (tertiary/aromatic N) is 3. The standard InChI is InChI=1S/C23H24FN3OS/c1-3-27-22(28)21(29-23(27)25-19-9-5-4-8-18(19)24)15-17-10-11-20(16(2)14-17)26-12-6-7-13-26/h4-5,8-11,14-15H,3,6-7,12-13H2,1-2H3/b21-15+,25-23?. The molecule has 0 radical (unpaired) electrons. The largest absolute Gasteiger partial charge is 0.371 e. The highest BCUT2D eigenvalue weighted by Gasteiger charge is 2.32. The van der Waals surface area contributed by atoms with Crippen LogP contribution in [0.1, 0.15) is 30.9 Å². The lowest BCUT2D eigenvalue weighted by Gasteiger charge is -2.20. The number of amides is 1. The molecule has 0 spiro atoms. The number of halogens is 1. The summed E-state index contributed by atoms with van der Waals surface area (Å²) in [5.41, 5.74) is 3.72. The lowest BCUT2D eigenvalue weighted by atomic mass is 10.1. The monoisotopic (exact) mass is 409 g/mol. The Morgan fingerprint density at radius 3 is 2.62 bits per heavy atom. The predicted molar refractivity (Wildman–Crippen MR) is 119 cm³/mol. The summed E-state index contributed by atoms with van der Waals surface area (Å²) in [6, 6.07) is 12.7. The molecular formula is C23H24FN3OS. The minimum Gasteiger partial charge on any atom is -0.371 e. The number of carbonyl (C=O) groups excluding carboxylic acids is 1. The molecule has 6 heteroatoms. The number of carbonyl (C=O) groups is 1. The Morgan fingerprint density at radius 2 is 1.93 bits per heavy atom. The van der Waals surface area contributed by atoms with Gasteiger partial charge in [-0.1, -0.05) is 18.2 Å². The number of anilines is 1. The number of likely N-dealkylation sites (N-methyl/N-ethyl adjacent to an activating group) is 1. The molecule has 0 aliphatic carbocycles. The Kier molecular flexibility index (Phi) is 5.72. The van der Waals surface area contributed by atoms with E-state index in [1.54, 1.807) is 23.1 Å². The van der Waals surface area contributed by atoms with Crippen LogP contribution in [0, 0.1) is 12.7 Å². The number of hydrogen-bond donors (Lipinski definition) is 0. The fraction of sp³-hybridized carbons (Fsp3) is 0.304. The second-order valence-corrected chi connectivity index (χ2v) is 8.26. The number of aliphatic imine (C=N–C) groups is 1. The van der Waals surface area contributed by atoms with Gasteiger partial charge in [0.15, 0.2) is 5.17 Å². The average molecular weight is 410 g/mol. The molecule has 0 saturated carbocycles. The van der Waals surface area contributed by atoms with E-state index < -0.39 is 5.82 Å². The second-order valence-electron chi connectivity index (χ2n) is 7.25. The Balaban J connectivity index is 1.61. The zero-order chi connectivity index (χ0) is 20.4. The summed E-state index contributed by atoms with van der Waals surface area (Å²) < 4.78 is 14.0. The highest BCUT2D eigenvalue weighted by molar-refractivity contribution is 8.18. The summed E-state index contributed by atoms with van der Waals surface area (Å²) in [5.74, 6) is -0.483. The molecule has 2 heterocycles. The van der Waals surface area contributed by atoms with Gasteiger partial charge in [-0.05, 0) is 79.9 Å². The molecule has 0 N–H and O–H groups in total. The normalized spacial score (nSPS) is 19.8. The zero-order valence-electron chi connectivity index (χ0n) is 16.7. The van der Waals surface area contributed by atoms with E-state index in [4.69, 9.17) is 0 Å². The highest BCUT2D eigenvalue weighted by Crippen LogP contribution is 2.35. The third kappa shape index (κ3) is 4.08. The van der Waals surface area contributed by atoms with Crippen molar-refractivity contribution in [1.82, 2.24) is 4.90 Å². The summed E-state index contributed by atoms with van der Waals surface area (Å²) in [7, 11) is 0. The number of thioether (sulfide) groups is 1. The van der Waals surface area contributed by atoms with Crippen molar-refractivity contribution >= 4 is 40.3 Å².